The van der Waals surface area contributed by atoms with Crippen LogP contribution in [0.2, 0.25) is 0 Å². The quantitative estimate of drug-likeness (QED) is 0.924. The second-order valence-corrected chi connectivity index (χ2v) is 5.91. The van der Waals surface area contributed by atoms with Crippen LogP contribution < -0.4 is 0 Å². The highest BCUT2D eigenvalue weighted by Crippen LogP contribution is 2.28. The molecule has 0 aliphatic carbocycles. The fourth-order valence-corrected chi connectivity index (χ4v) is 3.11. The number of aliphatic carboxylic acids is 1. The summed E-state index contributed by atoms with van der Waals surface area (Å²) in [6.45, 7) is 0.807. The summed E-state index contributed by atoms with van der Waals surface area (Å²) in [5, 5.41) is 9.14. The van der Waals surface area contributed by atoms with Crippen molar-refractivity contribution in [2.24, 2.45) is 5.92 Å². The summed E-state index contributed by atoms with van der Waals surface area (Å²) >= 11 is 0. The van der Waals surface area contributed by atoms with Gasteiger partial charge < -0.3 is 10.0 Å². The Morgan fingerprint density at radius 3 is 2.00 bits per heavy atom. The minimum atomic E-state index is -0.892. The summed E-state index contributed by atoms with van der Waals surface area (Å²) in [6.07, 6.45) is 0.103. The number of nitrogens with zero attached hydrogens (tertiary/aromatic N) is 1. The van der Waals surface area contributed by atoms with Crippen molar-refractivity contribution in [2.75, 3.05) is 13.1 Å². The standard InChI is InChI=1S/C19H19NO3/c21-18-11-16(19(22)23)12-20(18)13-17(14-7-3-1-4-8-14)15-9-5-2-6-10-15/h1-10,16-17H,11-13H2,(H,22,23)/t16-/m0/s1. The van der Waals surface area contributed by atoms with Crippen LogP contribution in [0.15, 0.2) is 60.7 Å². The van der Waals surface area contributed by atoms with E-state index in [1.54, 1.807) is 4.90 Å². The maximum atomic E-state index is 12.1. The molecule has 23 heavy (non-hydrogen) atoms. The molecule has 1 aliphatic rings. The number of hydrogen-bond donors (Lipinski definition) is 1. The molecule has 4 nitrogen and oxygen atoms in total. The van der Waals surface area contributed by atoms with E-state index in [0.29, 0.717) is 13.1 Å². The van der Waals surface area contributed by atoms with E-state index in [4.69, 9.17) is 5.11 Å². The molecule has 3 rings (SSSR count). The average Bonchev–Trinajstić information content (AvgIpc) is 2.95. The first-order valence-corrected chi connectivity index (χ1v) is 7.75. The van der Waals surface area contributed by atoms with Crippen LogP contribution in [0.3, 0.4) is 0 Å². The largest absolute Gasteiger partial charge is 0.481 e. The van der Waals surface area contributed by atoms with Crippen LogP contribution in [0, 0.1) is 5.92 Å². The van der Waals surface area contributed by atoms with E-state index >= 15 is 0 Å². The van der Waals surface area contributed by atoms with Gasteiger partial charge in [0.15, 0.2) is 0 Å². The maximum absolute atomic E-state index is 12.1. The number of carboxylic acid groups (broad SMARTS) is 1. The summed E-state index contributed by atoms with van der Waals surface area (Å²) in [5.74, 6) is -1.50. The number of amides is 1. The Morgan fingerprint density at radius 1 is 1.04 bits per heavy atom. The van der Waals surface area contributed by atoms with Crippen molar-refractivity contribution in [1.82, 2.24) is 4.90 Å². The third kappa shape index (κ3) is 3.42. The first-order chi connectivity index (χ1) is 11.1. The molecule has 1 fully saturated rings. The molecule has 2 aromatic carbocycles. The van der Waals surface area contributed by atoms with Gasteiger partial charge in [0.25, 0.3) is 0 Å². The van der Waals surface area contributed by atoms with Gasteiger partial charge in [-0.2, -0.15) is 0 Å². The monoisotopic (exact) mass is 309 g/mol. The highest BCUT2D eigenvalue weighted by atomic mass is 16.4. The van der Waals surface area contributed by atoms with Crippen LogP contribution in [-0.2, 0) is 9.59 Å². The van der Waals surface area contributed by atoms with Crippen molar-refractivity contribution in [3.63, 3.8) is 0 Å². The highest BCUT2D eigenvalue weighted by molar-refractivity contribution is 5.86. The second-order valence-electron chi connectivity index (χ2n) is 5.91. The van der Waals surface area contributed by atoms with Gasteiger partial charge in [-0.3, -0.25) is 9.59 Å². The van der Waals surface area contributed by atoms with Gasteiger partial charge in [0.1, 0.15) is 0 Å². The Hall–Kier alpha value is -2.62. The zero-order chi connectivity index (χ0) is 16.2. The average molecular weight is 309 g/mol. The predicted molar refractivity (Wildman–Crippen MR) is 87.0 cm³/mol. The van der Waals surface area contributed by atoms with Crippen molar-refractivity contribution < 1.29 is 14.7 Å². The molecule has 1 saturated heterocycles. The van der Waals surface area contributed by atoms with Gasteiger partial charge in [0.2, 0.25) is 5.91 Å². The molecule has 1 N–H and O–H groups in total. The van der Waals surface area contributed by atoms with Crippen LogP contribution in [0.4, 0.5) is 0 Å². The molecule has 0 spiro atoms. The number of likely N-dealkylation sites (tertiary alicyclic amines) is 1. The molecule has 0 radical (unpaired) electrons. The fraction of sp³-hybridized carbons (Fsp3) is 0.263. The molecule has 0 aromatic heterocycles. The molecule has 118 valence electrons. The Bertz CT molecular complexity index is 645. The van der Waals surface area contributed by atoms with Crippen molar-refractivity contribution in [3.8, 4) is 0 Å². The molecule has 0 saturated carbocycles. The molecule has 0 bridgehead atoms. The number of benzene rings is 2. The molecule has 1 atom stereocenters. The van der Waals surface area contributed by atoms with Crippen LogP contribution >= 0.6 is 0 Å². The lowest BCUT2D eigenvalue weighted by Crippen LogP contribution is -2.31. The zero-order valence-electron chi connectivity index (χ0n) is 12.8. The Labute approximate surface area is 135 Å². The Kier molecular flexibility index (Phi) is 4.42. The highest BCUT2D eigenvalue weighted by Gasteiger charge is 2.35. The van der Waals surface area contributed by atoms with Crippen LogP contribution in [0.1, 0.15) is 23.5 Å². The summed E-state index contributed by atoms with van der Waals surface area (Å²) in [5.41, 5.74) is 2.26. The van der Waals surface area contributed by atoms with E-state index in [2.05, 4.69) is 0 Å². The first kappa shape index (κ1) is 15.3. The van der Waals surface area contributed by atoms with Crippen LogP contribution in [0.5, 0.6) is 0 Å². The number of hydrogen-bond acceptors (Lipinski definition) is 2. The SMILES string of the molecule is O=C(O)[C@H]1CC(=O)N(CC(c2ccccc2)c2ccccc2)C1. The molecule has 2 aromatic rings. The van der Waals surface area contributed by atoms with E-state index in [1.165, 1.54) is 0 Å². The van der Waals surface area contributed by atoms with E-state index in [9.17, 15) is 9.59 Å². The minimum absolute atomic E-state index is 0.0499. The van der Waals surface area contributed by atoms with Crippen LogP contribution in [0.25, 0.3) is 0 Å². The molecule has 0 unspecified atom stereocenters. The summed E-state index contributed by atoms with van der Waals surface area (Å²) in [4.78, 5) is 25.0. The molecule has 1 amide bonds. The van der Waals surface area contributed by atoms with Gasteiger partial charge in [0.05, 0.1) is 5.92 Å². The predicted octanol–water partition coefficient (Wildman–Crippen LogP) is 2.75. The third-order valence-corrected chi connectivity index (χ3v) is 4.37. The molecule has 4 heteroatoms. The topological polar surface area (TPSA) is 57.6 Å². The van der Waals surface area contributed by atoms with Gasteiger partial charge in [0, 0.05) is 25.4 Å². The van der Waals surface area contributed by atoms with E-state index in [1.807, 2.05) is 60.7 Å². The molecule has 1 heterocycles. The van der Waals surface area contributed by atoms with Gasteiger partial charge in [-0.15, -0.1) is 0 Å². The van der Waals surface area contributed by atoms with Crippen molar-refractivity contribution >= 4 is 11.9 Å². The normalized spacial score (nSPS) is 17.7. The summed E-state index contributed by atoms with van der Waals surface area (Å²) < 4.78 is 0. The third-order valence-electron chi connectivity index (χ3n) is 4.37. The summed E-state index contributed by atoms with van der Waals surface area (Å²) in [7, 11) is 0. The summed E-state index contributed by atoms with van der Waals surface area (Å²) in [6, 6.07) is 20.1. The number of rotatable bonds is 5. The van der Waals surface area contributed by atoms with Gasteiger partial charge in [-0.1, -0.05) is 60.7 Å². The lowest BCUT2D eigenvalue weighted by atomic mass is 9.91. The maximum Gasteiger partial charge on any atom is 0.308 e. The van der Waals surface area contributed by atoms with Gasteiger partial charge in [-0.25, -0.2) is 0 Å². The van der Waals surface area contributed by atoms with Gasteiger partial charge in [-0.05, 0) is 11.1 Å². The molecular weight excluding hydrogens is 290 g/mol. The Morgan fingerprint density at radius 2 is 1.57 bits per heavy atom. The van der Waals surface area contributed by atoms with E-state index < -0.39 is 11.9 Å². The first-order valence-electron chi connectivity index (χ1n) is 7.75. The number of carboxylic acids is 1. The number of carbonyl (C=O) groups excluding carboxylic acids is 1. The smallest absolute Gasteiger partial charge is 0.308 e. The minimum Gasteiger partial charge on any atom is -0.481 e. The zero-order valence-corrected chi connectivity index (χ0v) is 12.8. The van der Waals surface area contributed by atoms with E-state index in [0.717, 1.165) is 11.1 Å². The van der Waals surface area contributed by atoms with Crippen LogP contribution in [-0.4, -0.2) is 35.0 Å². The van der Waals surface area contributed by atoms with Crippen molar-refractivity contribution in [3.05, 3.63) is 71.8 Å². The molecular formula is C19H19NO3. The van der Waals surface area contributed by atoms with Gasteiger partial charge >= 0.3 is 5.97 Å². The van der Waals surface area contributed by atoms with Crippen molar-refractivity contribution in [2.45, 2.75) is 12.3 Å². The van der Waals surface area contributed by atoms with Crippen molar-refractivity contribution in [1.29, 1.82) is 0 Å². The molecule has 1 aliphatic heterocycles. The second kappa shape index (κ2) is 6.65. The lowest BCUT2D eigenvalue weighted by Gasteiger charge is -2.25. The Balaban J connectivity index is 1.86. The lowest BCUT2D eigenvalue weighted by molar-refractivity contribution is -0.141. The number of carbonyl (C=O) groups is 2. The fourth-order valence-electron chi connectivity index (χ4n) is 3.11. The van der Waals surface area contributed by atoms with E-state index in [-0.39, 0.29) is 18.2 Å².